The molecule has 108 valence electrons. The van der Waals surface area contributed by atoms with E-state index in [9.17, 15) is 0 Å². The van der Waals surface area contributed by atoms with Gasteiger partial charge in [0.25, 0.3) is 0 Å². The highest BCUT2D eigenvalue weighted by Gasteiger charge is 2.27. The molecule has 1 atom stereocenters. The van der Waals surface area contributed by atoms with Gasteiger partial charge in [-0.1, -0.05) is 15.9 Å². The van der Waals surface area contributed by atoms with Crippen LogP contribution >= 0.6 is 40.1 Å². The van der Waals surface area contributed by atoms with Crippen molar-refractivity contribution in [3.05, 3.63) is 28.2 Å². The van der Waals surface area contributed by atoms with Crippen molar-refractivity contribution in [2.75, 3.05) is 19.3 Å². The topological polar surface area (TPSA) is 29.3 Å². The molecule has 19 heavy (non-hydrogen) atoms. The van der Waals surface area contributed by atoms with Crippen LogP contribution in [-0.2, 0) is 0 Å². The Kier molecular flexibility index (Phi) is 6.21. The maximum atomic E-state index is 6.14. The van der Waals surface area contributed by atoms with Gasteiger partial charge in [0.15, 0.2) is 0 Å². The van der Waals surface area contributed by atoms with E-state index in [2.05, 4.69) is 59.9 Å². The minimum Gasteiger partial charge on any atom is -0.324 e. The Balaban J connectivity index is 0.00000180. The van der Waals surface area contributed by atoms with Gasteiger partial charge in [-0.2, -0.15) is 0 Å². The van der Waals surface area contributed by atoms with Crippen molar-refractivity contribution in [3.63, 3.8) is 0 Å². The van der Waals surface area contributed by atoms with Gasteiger partial charge in [0.05, 0.1) is 0 Å². The molecule has 0 fully saturated rings. The number of fused-ring (bicyclic) bond motifs is 1. The van der Waals surface area contributed by atoms with Gasteiger partial charge in [-0.05, 0) is 56.8 Å². The first-order valence-corrected chi connectivity index (χ1v) is 8.06. The number of hydrogen-bond donors (Lipinski definition) is 1. The molecule has 1 aliphatic rings. The van der Waals surface area contributed by atoms with Gasteiger partial charge in [-0.15, -0.1) is 24.2 Å². The molecule has 0 spiro atoms. The average molecular weight is 366 g/mol. The van der Waals surface area contributed by atoms with Gasteiger partial charge in [-0.3, -0.25) is 4.90 Å². The van der Waals surface area contributed by atoms with Gasteiger partial charge in [0.2, 0.25) is 0 Å². The second-order valence-corrected chi connectivity index (χ2v) is 7.79. The summed E-state index contributed by atoms with van der Waals surface area (Å²) in [4.78, 5) is 3.81. The molecule has 2 N–H and O–H groups in total. The molecule has 0 radical (unpaired) electrons. The fourth-order valence-corrected chi connectivity index (χ4v) is 4.02. The Labute approximate surface area is 135 Å². The van der Waals surface area contributed by atoms with E-state index in [0.717, 1.165) is 11.0 Å². The molecular formula is C14H22BrClN2S. The zero-order chi connectivity index (χ0) is 13.3. The number of nitrogens with two attached hydrogens (primary N) is 1. The average Bonchev–Trinajstić information content (AvgIpc) is 2.25. The SMILES string of the molecule is CN(CC(C)(C)N)C1CCSc2ccc(Br)cc21.Cl. The Morgan fingerprint density at radius 1 is 1.47 bits per heavy atom. The minimum absolute atomic E-state index is 0. The van der Waals surface area contributed by atoms with E-state index in [1.807, 2.05) is 11.8 Å². The molecule has 1 unspecified atom stereocenters. The van der Waals surface area contributed by atoms with Crippen LogP contribution in [0.3, 0.4) is 0 Å². The van der Waals surface area contributed by atoms with Crippen LogP contribution in [-0.4, -0.2) is 29.8 Å². The number of likely N-dealkylation sites (N-methyl/N-ethyl adjacent to an activating group) is 1. The monoisotopic (exact) mass is 364 g/mol. The van der Waals surface area contributed by atoms with Crippen LogP contribution in [0.1, 0.15) is 31.9 Å². The van der Waals surface area contributed by atoms with Crippen molar-refractivity contribution in [1.29, 1.82) is 0 Å². The predicted octanol–water partition coefficient (Wildman–Crippen LogP) is 4.08. The van der Waals surface area contributed by atoms with Gasteiger partial charge >= 0.3 is 0 Å². The zero-order valence-electron chi connectivity index (χ0n) is 11.6. The highest BCUT2D eigenvalue weighted by Crippen LogP contribution is 2.40. The van der Waals surface area contributed by atoms with Crippen LogP contribution in [0.15, 0.2) is 27.6 Å². The summed E-state index contributed by atoms with van der Waals surface area (Å²) in [5.41, 5.74) is 7.43. The number of halogens is 2. The third kappa shape index (κ3) is 4.64. The lowest BCUT2D eigenvalue weighted by molar-refractivity contribution is 0.196. The smallest absolute Gasteiger partial charge is 0.0365 e. The minimum atomic E-state index is -0.147. The van der Waals surface area contributed by atoms with E-state index >= 15 is 0 Å². The summed E-state index contributed by atoms with van der Waals surface area (Å²) in [7, 11) is 2.18. The van der Waals surface area contributed by atoms with E-state index in [-0.39, 0.29) is 17.9 Å². The maximum absolute atomic E-state index is 6.14. The molecule has 0 saturated heterocycles. The standard InChI is InChI=1S/C14H21BrN2S.ClH/c1-14(2,16)9-17(3)12-6-7-18-13-5-4-10(15)8-11(12)13;/h4-5,8,12H,6-7,9,16H2,1-3H3;1H. The number of thioether (sulfide) groups is 1. The molecule has 2 rings (SSSR count). The van der Waals surface area contributed by atoms with Crippen LogP contribution in [0.25, 0.3) is 0 Å². The Morgan fingerprint density at radius 2 is 2.16 bits per heavy atom. The molecule has 1 heterocycles. The number of benzene rings is 1. The van der Waals surface area contributed by atoms with Crippen molar-refractivity contribution in [2.24, 2.45) is 5.73 Å². The van der Waals surface area contributed by atoms with Crippen molar-refractivity contribution in [3.8, 4) is 0 Å². The molecule has 2 nitrogen and oxygen atoms in total. The molecule has 0 saturated carbocycles. The van der Waals surface area contributed by atoms with Crippen molar-refractivity contribution in [1.82, 2.24) is 4.90 Å². The highest BCUT2D eigenvalue weighted by atomic mass is 79.9. The van der Waals surface area contributed by atoms with Crippen molar-refractivity contribution >= 4 is 40.1 Å². The van der Waals surface area contributed by atoms with Crippen LogP contribution in [0.2, 0.25) is 0 Å². The molecular weight excluding hydrogens is 344 g/mol. The van der Waals surface area contributed by atoms with E-state index in [4.69, 9.17) is 5.73 Å². The molecule has 0 aromatic heterocycles. The summed E-state index contributed by atoms with van der Waals surface area (Å²) in [5, 5.41) is 0. The molecule has 5 heteroatoms. The van der Waals surface area contributed by atoms with Gasteiger partial charge in [-0.25, -0.2) is 0 Å². The number of nitrogens with zero attached hydrogens (tertiary/aromatic N) is 1. The van der Waals surface area contributed by atoms with Crippen LogP contribution in [0.5, 0.6) is 0 Å². The Morgan fingerprint density at radius 3 is 2.79 bits per heavy atom. The number of hydrogen-bond acceptors (Lipinski definition) is 3. The molecule has 0 aliphatic carbocycles. The van der Waals surface area contributed by atoms with E-state index in [0.29, 0.717) is 6.04 Å². The van der Waals surface area contributed by atoms with E-state index in [1.54, 1.807) is 0 Å². The third-order valence-corrected chi connectivity index (χ3v) is 4.78. The lowest BCUT2D eigenvalue weighted by Crippen LogP contribution is -2.45. The Hall–Kier alpha value is 0.260. The summed E-state index contributed by atoms with van der Waals surface area (Å²) in [6.07, 6.45) is 1.20. The summed E-state index contributed by atoms with van der Waals surface area (Å²) >= 11 is 5.53. The summed E-state index contributed by atoms with van der Waals surface area (Å²) < 4.78 is 1.16. The largest absolute Gasteiger partial charge is 0.324 e. The van der Waals surface area contributed by atoms with E-state index < -0.39 is 0 Å². The fourth-order valence-electron chi connectivity index (χ4n) is 2.56. The normalized spacial score (nSPS) is 18.9. The van der Waals surface area contributed by atoms with Gasteiger partial charge in [0, 0.05) is 27.5 Å². The van der Waals surface area contributed by atoms with E-state index in [1.165, 1.54) is 22.6 Å². The molecule has 1 aliphatic heterocycles. The molecule has 0 amide bonds. The quantitative estimate of drug-likeness (QED) is 0.875. The van der Waals surface area contributed by atoms with Gasteiger partial charge < -0.3 is 5.73 Å². The summed E-state index contributed by atoms with van der Waals surface area (Å²) in [6, 6.07) is 7.09. The molecule has 1 aromatic rings. The summed E-state index contributed by atoms with van der Waals surface area (Å²) in [6.45, 7) is 5.08. The number of rotatable bonds is 3. The third-order valence-electron chi connectivity index (χ3n) is 3.17. The first-order valence-electron chi connectivity index (χ1n) is 6.28. The summed E-state index contributed by atoms with van der Waals surface area (Å²) in [5.74, 6) is 1.19. The highest BCUT2D eigenvalue weighted by molar-refractivity contribution is 9.10. The van der Waals surface area contributed by atoms with Crippen LogP contribution in [0, 0.1) is 0 Å². The second kappa shape index (κ2) is 6.81. The fraction of sp³-hybridized carbons (Fsp3) is 0.571. The predicted molar refractivity (Wildman–Crippen MR) is 90.4 cm³/mol. The van der Waals surface area contributed by atoms with Crippen molar-refractivity contribution < 1.29 is 0 Å². The first kappa shape index (κ1) is 17.3. The Bertz CT molecular complexity index is 434. The van der Waals surface area contributed by atoms with Gasteiger partial charge in [0.1, 0.15) is 0 Å². The second-order valence-electron chi connectivity index (χ2n) is 5.74. The zero-order valence-corrected chi connectivity index (χ0v) is 14.9. The van der Waals surface area contributed by atoms with Crippen molar-refractivity contribution in [2.45, 2.75) is 36.7 Å². The van der Waals surface area contributed by atoms with Crippen LogP contribution < -0.4 is 5.73 Å². The first-order chi connectivity index (χ1) is 8.37. The lowest BCUT2D eigenvalue weighted by atomic mass is 9.99. The molecule has 0 bridgehead atoms. The van der Waals surface area contributed by atoms with Crippen LogP contribution in [0.4, 0.5) is 0 Å². The molecule has 1 aromatic carbocycles. The lowest BCUT2D eigenvalue weighted by Gasteiger charge is -2.36. The maximum Gasteiger partial charge on any atom is 0.0365 e.